The van der Waals surface area contributed by atoms with Crippen molar-refractivity contribution in [3.05, 3.63) is 87.7 Å². The molecule has 1 atom stereocenters. The van der Waals surface area contributed by atoms with Gasteiger partial charge in [0, 0.05) is 32.0 Å². The summed E-state index contributed by atoms with van der Waals surface area (Å²) in [5, 5.41) is 15.8. The molecule has 0 radical (unpaired) electrons. The molecule has 2 aromatic heterocycles. The first-order valence-electron chi connectivity index (χ1n) is 13.1. The first kappa shape index (κ1) is 29.8. The second-order valence-electron chi connectivity index (χ2n) is 9.15. The lowest BCUT2D eigenvalue weighted by Gasteiger charge is -2.21. The van der Waals surface area contributed by atoms with Crippen LogP contribution in [0.2, 0.25) is 0 Å². The number of methoxy groups -OCH3 is 1. The highest BCUT2D eigenvalue weighted by Crippen LogP contribution is 2.34. The lowest BCUT2D eigenvalue weighted by Crippen LogP contribution is -2.18. The van der Waals surface area contributed by atoms with Crippen LogP contribution in [0, 0.1) is 12.3 Å². The zero-order chi connectivity index (χ0) is 30.2. The molecular formula is C29H33N7O6. The number of amidine groups is 1. The maximum atomic E-state index is 13.1. The average molecular weight is 576 g/mol. The predicted octanol–water partition coefficient (Wildman–Crippen LogP) is 3.10. The summed E-state index contributed by atoms with van der Waals surface area (Å²) < 4.78 is 23.3. The third-order valence-electron chi connectivity index (χ3n) is 6.07. The van der Waals surface area contributed by atoms with Gasteiger partial charge < -0.3 is 30.0 Å². The van der Waals surface area contributed by atoms with Gasteiger partial charge in [0.25, 0.3) is 0 Å². The van der Waals surface area contributed by atoms with Crippen molar-refractivity contribution in [1.29, 1.82) is 5.41 Å². The zero-order valence-electron chi connectivity index (χ0n) is 23.8. The summed E-state index contributed by atoms with van der Waals surface area (Å²) in [5.41, 5.74) is 7.43. The first-order chi connectivity index (χ1) is 20.2. The lowest BCUT2D eigenvalue weighted by molar-refractivity contribution is -0.131. The largest absolute Gasteiger partial charge is 0.490 e. The average Bonchev–Trinajstić information content (AvgIpc) is 3.33. The SMILES string of the molecule is CCOc1cc(C(Nc2ccc(C(=N)N)c(OC(C)=O)c2)c2nn(-c3ncccc3C)c(=O)[nH]2)ccc1OCCOC. The highest BCUT2D eigenvalue weighted by atomic mass is 16.5. The van der Waals surface area contributed by atoms with Gasteiger partial charge in [-0.05, 0) is 55.3 Å². The summed E-state index contributed by atoms with van der Waals surface area (Å²) in [6.45, 7) is 6.09. The van der Waals surface area contributed by atoms with Crippen LogP contribution in [0.5, 0.6) is 17.2 Å². The quantitative estimate of drug-likeness (QED) is 0.0608. The summed E-state index contributed by atoms with van der Waals surface area (Å²) in [4.78, 5) is 32.0. The monoisotopic (exact) mass is 575 g/mol. The van der Waals surface area contributed by atoms with Crippen molar-refractivity contribution in [3.8, 4) is 23.1 Å². The molecule has 42 heavy (non-hydrogen) atoms. The second kappa shape index (κ2) is 13.5. The molecule has 0 saturated carbocycles. The van der Waals surface area contributed by atoms with E-state index in [0.29, 0.717) is 48.4 Å². The molecule has 2 aromatic carbocycles. The number of aromatic amines is 1. The number of anilines is 1. The first-order valence-corrected chi connectivity index (χ1v) is 13.1. The number of benzene rings is 2. The Hall–Kier alpha value is -5.17. The molecule has 1 unspecified atom stereocenters. The Morgan fingerprint density at radius 3 is 2.62 bits per heavy atom. The van der Waals surface area contributed by atoms with E-state index in [4.69, 9.17) is 30.1 Å². The van der Waals surface area contributed by atoms with Crippen LogP contribution in [0.3, 0.4) is 0 Å². The molecule has 4 aromatic rings. The summed E-state index contributed by atoms with van der Waals surface area (Å²) in [7, 11) is 1.59. The zero-order valence-corrected chi connectivity index (χ0v) is 23.8. The Labute approximate surface area is 242 Å². The molecule has 2 heterocycles. The van der Waals surface area contributed by atoms with Crippen molar-refractivity contribution in [1.82, 2.24) is 19.7 Å². The molecule has 220 valence electrons. The number of esters is 1. The number of H-pyrrole nitrogens is 1. The van der Waals surface area contributed by atoms with Crippen molar-refractivity contribution in [2.45, 2.75) is 26.8 Å². The van der Waals surface area contributed by atoms with Gasteiger partial charge in [0.2, 0.25) is 0 Å². The number of hydrogen-bond donors (Lipinski definition) is 4. The van der Waals surface area contributed by atoms with E-state index in [1.54, 1.807) is 49.7 Å². The Morgan fingerprint density at radius 2 is 1.93 bits per heavy atom. The van der Waals surface area contributed by atoms with Crippen molar-refractivity contribution in [2.75, 3.05) is 32.2 Å². The van der Waals surface area contributed by atoms with Crippen molar-refractivity contribution >= 4 is 17.5 Å². The Balaban J connectivity index is 1.82. The molecule has 0 bridgehead atoms. The Bertz CT molecular complexity index is 1630. The standard InChI is InChI=1S/C29H33N7O6/c1-5-40-24-15-19(8-11-22(24)41-14-13-39-4)25(27-34-29(38)36(35-27)28-17(2)7-6-12-32-28)33-20-9-10-21(26(30)31)23(16-20)42-18(3)37/h6-12,15-16,25,33H,5,13-14H2,1-4H3,(H3,30,31)(H,34,35,38). The molecule has 0 aliphatic rings. The van der Waals surface area contributed by atoms with Crippen LogP contribution in [0.4, 0.5) is 5.69 Å². The topological polar surface area (TPSA) is 179 Å². The number of nitrogens with two attached hydrogens (primary N) is 1. The van der Waals surface area contributed by atoms with Gasteiger partial charge in [-0.25, -0.2) is 9.78 Å². The molecule has 0 saturated heterocycles. The number of aromatic nitrogens is 4. The smallest absolute Gasteiger partial charge is 0.349 e. The molecular weight excluding hydrogens is 542 g/mol. The predicted molar refractivity (Wildman–Crippen MR) is 156 cm³/mol. The van der Waals surface area contributed by atoms with Gasteiger partial charge >= 0.3 is 11.7 Å². The number of nitrogen functional groups attached to an aromatic ring is 1. The summed E-state index contributed by atoms with van der Waals surface area (Å²) >= 11 is 0. The summed E-state index contributed by atoms with van der Waals surface area (Å²) in [5.74, 6) is 0.988. The van der Waals surface area contributed by atoms with Gasteiger partial charge in [0.05, 0.1) is 18.8 Å². The summed E-state index contributed by atoms with van der Waals surface area (Å²) in [6, 6.07) is 13.1. The molecule has 4 rings (SSSR count). The second-order valence-corrected chi connectivity index (χ2v) is 9.15. The highest BCUT2D eigenvalue weighted by Gasteiger charge is 2.24. The van der Waals surface area contributed by atoms with Crippen molar-refractivity contribution < 1.29 is 23.7 Å². The van der Waals surface area contributed by atoms with Crippen LogP contribution in [0.15, 0.2) is 59.5 Å². The van der Waals surface area contributed by atoms with Crippen LogP contribution in [0.25, 0.3) is 5.82 Å². The van der Waals surface area contributed by atoms with Gasteiger partial charge in [-0.3, -0.25) is 15.2 Å². The van der Waals surface area contributed by atoms with Crippen LogP contribution >= 0.6 is 0 Å². The molecule has 0 aliphatic heterocycles. The van der Waals surface area contributed by atoms with Crippen LogP contribution in [-0.4, -0.2) is 58.5 Å². The van der Waals surface area contributed by atoms with E-state index >= 15 is 0 Å². The maximum Gasteiger partial charge on any atom is 0.349 e. The normalized spacial score (nSPS) is 11.5. The molecule has 13 heteroatoms. The number of hydrogen-bond acceptors (Lipinski definition) is 10. The minimum absolute atomic E-state index is 0.110. The number of nitrogens with one attached hydrogen (secondary N) is 3. The number of carbonyl (C=O) groups is 1. The summed E-state index contributed by atoms with van der Waals surface area (Å²) in [6.07, 6.45) is 1.59. The number of nitrogens with zero attached hydrogens (tertiary/aromatic N) is 3. The molecule has 5 N–H and O–H groups in total. The Morgan fingerprint density at radius 1 is 1.12 bits per heavy atom. The molecule has 0 amide bonds. The van der Waals surface area contributed by atoms with E-state index in [9.17, 15) is 9.59 Å². The van der Waals surface area contributed by atoms with Gasteiger partial charge in [0.1, 0.15) is 24.2 Å². The van der Waals surface area contributed by atoms with E-state index in [1.165, 1.54) is 11.6 Å². The van der Waals surface area contributed by atoms with Crippen molar-refractivity contribution in [3.63, 3.8) is 0 Å². The molecule has 0 spiro atoms. The number of ether oxygens (including phenoxy) is 4. The maximum absolute atomic E-state index is 13.1. The van der Waals surface area contributed by atoms with Gasteiger partial charge in [-0.15, -0.1) is 5.10 Å². The molecule has 13 nitrogen and oxygen atoms in total. The lowest BCUT2D eigenvalue weighted by atomic mass is 10.0. The van der Waals surface area contributed by atoms with E-state index in [0.717, 1.165) is 5.56 Å². The third kappa shape index (κ3) is 6.93. The number of aryl methyl sites for hydroxylation is 1. The van der Waals surface area contributed by atoms with E-state index in [2.05, 4.69) is 20.4 Å². The molecule has 0 aliphatic carbocycles. The fourth-order valence-corrected chi connectivity index (χ4v) is 4.19. The van der Waals surface area contributed by atoms with Gasteiger partial charge in [-0.2, -0.15) is 4.68 Å². The fraction of sp³-hybridized carbons (Fsp3) is 0.276. The van der Waals surface area contributed by atoms with E-state index < -0.39 is 17.7 Å². The number of carbonyl (C=O) groups excluding carboxylic acids is 1. The number of rotatable bonds is 13. The van der Waals surface area contributed by atoms with Gasteiger partial charge in [-0.1, -0.05) is 12.1 Å². The fourth-order valence-electron chi connectivity index (χ4n) is 4.19. The minimum atomic E-state index is -0.719. The Kier molecular flexibility index (Phi) is 9.55. The van der Waals surface area contributed by atoms with Crippen LogP contribution in [0.1, 0.15) is 42.4 Å². The molecule has 0 fully saturated rings. The van der Waals surface area contributed by atoms with E-state index in [1.807, 2.05) is 26.0 Å². The van der Waals surface area contributed by atoms with Crippen molar-refractivity contribution in [2.24, 2.45) is 5.73 Å². The highest BCUT2D eigenvalue weighted by molar-refractivity contribution is 5.98. The van der Waals surface area contributed by atoms with Crippen LogP contribution < -0.4 is 31.0 Å². The van der Waals surface area contributed by atoms with Gasteiger partial charge in [0.15, 0.2) is 23.1 Å². The minimum Gasteiger partial charge on any atom is -0.490 e. The third-order valence-corrected chi connectivity index (χ3v) is 6.07. The van der Waals surface area contributed by atoms with E-state index in [-0.39, 0.29) is 23.0 Å². The number of pyridine rings is 1. The van der Waals surface area contributed by atoms with Crippen LogP contribution in [-0.2, 0) is 9.53 Å².